The SMILES string of the molecule is COc1cc(C#N)ccc1OCCCC(=O)N1CCC(Nc2ccc(F)cc2)CC1. The molecule has 0 aromatic heterocycles. The number of halogens is 1. The van der Waals surface area contributed by atoms with Crippen LogP contribution in [0.15, 0.2) is 42.5 Å². The number of piperidine rings is 1. The van der Waals surface area contributed by atoms with E-state index in [4.69, 9.17) is 14.7 Å². The second-order valence-electron chi connectivity index (χ2n) is 7.24. The average Bonchev–Trinajstić information content (AvgIpc) is 2.78. The lowest BCUT2D eigenvalue weighted by Crippen LogP contribution is -2.42. The van der Waals surface area contributed by atoms with Crippen LogP contribution < -0.4 is 14.8 Å². The molecule has 0 radical (unpaired) electrons. The summed E-state index contributed by atoms with van der Waals surface area (Å²) in [5.74, 6) is 0.959. The summed E-state index contributed by atoms with van der Waals surface area (Å²) in [6, 6.07) is 13.7. The first-order valence-electron chi connectivity index (χ1n) is 10.1. The van der Waals surface area contributed by atoms with E-state index >= 15 is 0 Å². The molecule has 1 aliphatic heterocycles. The van der Waals surface area contributed by atoms with Crippen molar-refractivity contribution in [2.75, 3.05) is 32.1 Å². The van der Waals surface area contributed by atoms with Crippen molar-refractivity contribution in [3.8, 4) is 17.6 Å². The molecule has 0 aliphatic carbocycles. The first-order valence-corrected chi connectivity index (χ1v) is 10.1. The van der Waals surface area contributed by atoms with Gasteiger partial charge < -0.3 is 19.7 Å². The average molecular weight is 411 g/mol. The van der Waals surface area contributed by atoms with Gasteiger partial charge in [0.1, 0.15) is 5.82 Å². The van der Waals surface area contributed by atoms with Crippen LogP contribution in [0.1, 0.15) is 31.2 Å². The molecule has 3 rings (SSSR count). The van der Waals surface area contributed by atoms with Gasteiger partial charge in [0.2, 0.25) is 5.91 Å². The van der Waals surface area contributed by atoms with Gasteiger partial charge in [0, 0.05) is 37.3 Å². The van der Waals surface area contributed by atoms with Crippen LogP contribution in [0.4, 0.5) is 10.1 Å². The number of hydrogen-bond donors (Lipinski definition) is 1. The molecule has 0 saturated carbocycles. The molecule has 7 heteroatoms. The standard InChI is InChI=1S/C23H26FN3O3/c1-29-22-15-17(16-25)4-9-21(22)30-14-2-3-23(28)27-12-10-20(11-13-27)26-19-7-5-18(24)6-8-19/h4-9,15,20,26H,2-3,10-14H2,1H3. The third-order valence-corrected chi connectivity index (χ3v) is 5.15. The molecule has 0 bridgehead atoms. The topological polar surface area (TPSA) is 74.6 Å². The second kappa shape index (κ2) is 10.5. The van der Waals surface area contributed by atoms with Crippen LogP contribution in [0.25, 0.3) is 0 Å². The minimum atomic E-state index is -0.248. The normalized spacial score (nSPS) is 14.1. The van der Waals surface area contributed by atoms with Gasteiger partial charge in [0.15, 0.2) is 11.5 Å². The van der Waals surface area contributed by atoms with Crippen molar-refractivity contribution in [3.05, 3.63) is 53.8 Å². The Morgan fingerprint density at radius 1 is 1.20 bits per heavy atom. The van der Waals surface area contributed by atoms with E-state index in [0.29, 0.717) is 49.6 Å². The predicted molar refractivity (Wildman–Crippen MR) is 112 cm³/mol. The number of carbonyl (C=O) groups is 1. The summed E-state index contributed by atoms with van der Waals surface area (Å²) in [6.07, 6.45) is 2.76. The summed E-state index contributed by atoms with van der Waals surface area (Å²) < 4.78 is 24.0. The second-order valence-corrected chi connectivity index (χ2v) is 7.24. The maximum absolute atomic E-state index is 13.0. The van der Waals surface area contributed by atoms with E-state index in [0.717, 1.165) is 18.5 Å². The van der Waals surface area contributed by atoms with Crippen molar-refractivity contribution < 1.29 is 18.7 Å². The number of rotatable bonds is 8. The fourth-order valence-electron chi connectivity index (χ4n) is 3.48. The number of methoxy groups -OCH3 is 1. The van der Waals surface area contributed by atoms with E-state index in [1.54, 1.807) is 30.3 Å². The molecule has 1 heterocycles. The fraction of sp³-hybridized carbons (Fsp3) is 0.391. The highest BCUT2D eigenvalue weighted by atomic mass is 19.1. The van der Waals surface area contributed by atoms with Crippen LogP contribution in [-0.2, 0) is 4.79 Å². The van der Waals surface area contributed by atoms with Gasteiger partial charge in [-0.2, -0.15) is 5.26 Å². The number of nitrogens with zero attached hydrogens (tertiary/aromatic N) is 2. The summed E-state index contributed by atoms with van der Waals surface area (Å²) in [6.45, 7) is 1.82. The first kappa shape index (κ1) is 21.4. The van der Waals surface area contributed by atoms with Crippen LogP contribution in [0.5, 0.6) is 11.5 Å². The number of amides is 1. The molecule has 2 aromatic carbocycles. The Balaban J connectivity index is 1.37. The molecule has 2 aromatic rings. The zero-order valence-corrected chi connectivity index (χ0v) is 17.1. The lowest BCUT2D eigenvalue weighted by molar-refractivity contribution is -0.132. The van der Waals surface area contributed by atoms with E-state index in [2.05, 4.69) is 11.4 Å². The van der Waals surface area contributed by atoms with Crippen LogP contribution in [0.3, 0.4) is 0 Å². The molecule has 1 aliphatic rings. The van der Waals surface area contributed by atoms with Crippen molar-refractivity contribution >= 4 is 11.6 Å². The Hall–Kier alpha value is -3.27. The summed E-state index contributed by atoms with van der Waals surface area (Å²) in [5, 5.41) is 12.3. The Bertz CT molecular complexity index is 888. The van der Waals surface area contributed by atoms with Gasteiger partial charge in [-0.1, -0.05) is 0 Å². The molecule has 1 N–H and O–H groups in total. The maximum atomic E-state index is 13.0. The molecular weight excluding hydrogens is 385 g/mol. The lowest BCUT2D eigenvalue weighted by Gasteiger charge is -2.33. The highest BCUT2D eigenvalue weighted by Gasteiger charge is 2.22. The van der Waals surface area contributed by atoms with Crippen molar-refractivity contribution in [1.82, 2.24) is 4.90 Å². The molecule has 0 unspecified atom stereocenters. The van der Waals surface area contributed by atoms with Gasteiger partial charge in [0.25, 0.3) is 0 Å². The number of hydrogen-bond acceptors (Lipinski definition) is 5. The summed E-state index contributed by atoms with van der Waals surface area (Å²) in [7, 11) is 1.53. The van der Waals surface area contributed by atoms with Gasteiger partial charge in [-0.05, 0) is 55.7 Å². The van der Waals surface area contributed by atoms with E-state index in [1.807, 2.05) is 4.90 Å². The van der Waals surface area contributed by atoms with E-state index in [1.165, 1.54) is 19.2 Å². The smallest absolute Gasteiger partial charge is 0.222 e. The molecule has 6 nitrogen and oxygen atoms in total. The molecule has 0 spiro atoms. The minimum absolute atomic E-state index is 0.130. The molecule has 30 heavy (non-hydrogen) atoms. The van der Waals surface area contributed by atoms with Crippen molar-refractivity contribution in [2.24, 2.45) is 0 Å². The van der Waals surface area contributed by atoms with E-state index in [9.17, 15) is 9.18 Å². The van der Waals surface area contributed by atoms with Gasteiger partial charge >= 0.3 is 0 Å². The molecule has 1 fully saturated rings. The lowest BCUT2D eigenvalue weighted by atomic mass is 10.0. The fourth-order valence-corrected chi connectivity index (χ4v) is 3.48. The Morgan fingerprint density at radius 2 is 1.93 bits per heavy atom. The van der Waals surface area contributed by atoms with E-state index < -0.39 is 0 Å². The number of likely N-dealkylation sites (tertiary alicyclic amines) is 1. The molecular formula is C23H26FN3O3. The highest BCUT2D eigenvalue weighted by molar-refractivity contribution is 5.76. The minimum Gasteiger partial charge on any atom is -0.493 e. The van der Waals surface area contributed by atoms with Crippen molar-refractivity contribution in [3.63, 3.8) is 0 Å². The highest BCUT2D eigenvalue weighted by Crippen LogP contribution is 2.28. The molecule has 158 valence electrons. The van der Waals surface area contributed by atoms with Crippen LogP contribution in [-0.4, -0.2) is 43.7 Å². The van der Waals surface area contributed by atoms with Crippen LogP contribution in [0.2, 0.25) is 0 Å². The molecule has 1 saturated heterocycles. The number of carbonyl (C=O) groups excluding carboxylic acids is 1. The summed E-state index contributed by atoms with van der Waals surface area (Å²) >= 11 is 0. The van der Waals surface area contributed by atoms with Crippen molar-refractivity contribution in [1.29, 1.82) is 5.26 Å². The monoisotopic (exact) mass is 411 g/mol. The Morgan fingerprint density at radius 3 is 2.60 bits per heavy atom. The molecule has 0 atom stereocenters. The largest absolute Gasteiger partial charge is 0.493 e. The van der Waals surface area contributed by atoms with Gasteiger partial charge in [-0.15, -0.1) is 0 Å². The number of ether oxygens (including phenoxy) is 2. The van der Waals surface area contributed by atoms with E-state index in [-0.39, 0.29) is 17.8 Å². The first-order chi connectivity index (χ1) is 14.6. The Labute approximate surface area is 176 Å². The zero-order chi connectivity index (χ0) is 21.3. The number of nitrogens with one attached hydrogen (secondary N) is 1. The predicted octanol–water partition coefficient (Wildman–Crippen LogP) is 3.97. The van der Waals surface area contributed by atoms with Gasteiger partial charge in [-0.25, -0.2) is 4.39 Å². The summed E-state index contributed by atoms with van der Waals surface area (Å²) in [5.41, 5.74) is 1.41. The van der Waals surface area contributed by atoms with Crippen LogP contribution >= 0.6 is 0 Å². The van der Waals surface area contributed by atoms with Crippen LogP contribution in [0, 0.1) is 17.1 Å². The third kappa shape index (κ3) is 5.86. The third-order valence-electron chi connectivity index (χ3n) is 5.15. The zero-order valence-electron chi connectivity index (χ0n) is 17.1. The van der Waals surface area contributed by atoms with Crippen molar-refractivity contribution in [2.45, 2.75) is 31.7 Å². The quantitative estimate of drug-likeness (QED) is 0.666. The van der Waals surface area contributed by atoms with Gasteiger partial charge in [-0.3, -0.25) is 4.79 Å². The maximum Gasteiger partial charge on any atom is 0.222 e. The number of nitriles is 1. The van der Waals surface area contributed by atoms with Gasteiger partial charge in [0.05, 0.1) is 25.3 Å². The number of benzene rings is 2. The number of anilines is 1. The Kier molecular flexibility index (Phi) is 7.50. The molecule has 1 amide bonds. The summed E-state index contributed by atoms with van der Waals surface area (Å²) in [4.78, 5) is 14.4.